The van der Waals surface area contributed by atoms with Gasteiger partial charge in [-0.05, 0) is 68.5 Å². The first-order valence-electron chi connectivity index (χ1n) is 8.85. The van der Waals surface area contributed by atoms with Crippen LogP contribution in [0.4, 0.5) is 5.69 Å². The van der Waals surface area contributed by atoms with Gasteiger partial charge in [0.15, 0.2) is 0 Å². The summed E-state index contributed by atoms with van der Waals surface area (Å²) in [5, 5.41) is 5.03. The van der Waals surface area contributed by atoms with Gasteiger partial charge in [-0.25, -0.2) is 4.79 Å². The number of hydrogen-bond donors (Lipinski definition) is 1. The smallest absolute Gasteiger partial charge is 0.338 e. The van der Waals surface area contributed by atoms with Crippen LogP contribution in [-0.2, 0) is 16.0 Å². The van der Waals surface area contributed by atoms with E-state index in [2.05, 4.69) is 28.6 Å². The maximum atomic E-state index is 12.4. The quantitative estimate of drug-likeness (QED) is 0.810. The lowest BCUT2D eigenvalue weighted by atomic mass is 10.0. The molecule has 1 atom stereocenters. The SMILES string of the molecule is CC(C)OC(=O)c1ccc(NC(=O)CN2CCc3sccc3[C@H]2C)cc1. The van der Waals surface area contributed by atoms with Crippen LogP contribution in [0.5, 0.6) is 0 Å². The molecule has 0 spiro atoms. The molecule has 0 fully saturated rings. The van der Waals surface area contributed by atoms with Crippen LogP contribution < -0.4 is 5.32 Å². The average molecular weight is 372 g/mol. The van der Waals surface area contributed by atoms with Gasteiger partial charge in [-0.15, -0.1) is 11.3 Å². The van der Waals surface area contributed by atoms with Crippen molar-refractivity contribution in [3.63, 3.8) is 0 Å². The van der Waals surface area contributed by atoms with Crippen LogP contribution in [0.25, 0.3) is 0 Å². The highest BCUT2D eigenvalue weighted by Crippen LogP contribution is 2.32. The van der Waals surface area contributed by atoms with Crippen molar-refractivity contribution >= 4 is 28.9 Å². The summed E-state index contributed by atoms with van der Waals surface area (Å²) in [4.78, 5) is 27.9. The van der Waals surface area contributed by atoms with Crippen molar-refractivity contribution < 1.29 is 14.3 Å². The standard InChI is InChI=1S/C20H24N2O3S/c1-13(2)25-20(24)15-4-6-16(7-5-15)21-19(23)12-22-10-8-18-17(14(22)3)9-11-26-18/h4-7,9,11,13-14H,8,10,12H2,1-3H3,(H,21,23)/t14-/m1/s1. The second-order valence-corrected chi connectivity index (χ2v) is 7.78. The third kappa shape index (κ3) is 4.31. The molecule has 3 rings (SSSR count). The van der Waals surface area contributed by atoms with E-state index in [4.69, 9.17) is 4.74 Å². The minimum absolute atomic E-state index is 0.0481. The van der Waals surface area contributed by atoms with Gasteiger partial charge in [0.05, 0.1) is 18.2 Å². The molecule has 26 heavy (non-hydrogen) atoms. The van der Waals surface area contributed by atoms with Crippen LogP contribution in [0.15, 0.2) is 35.7 Å². The maximum Gasteiger partial charge on any atom is 0.338 e. The number of ether oxygens (including phenoxy) is 1. The summed E-state index contributed by atoms with van der Waals surface area (Å²) in [6.07, 6.45) is 0.842. The number of anilines is 1. The fraction of sp³-hybridized carbons (Fsp3) is 0.400. The predicted molar refractivity (Wildman–Crippen MR) is 104 cm³/mol. The highest BCUT2D eigenvalue weighted by Gasteiger charge is 2.26. The molecule has 2 aromatic rings. The molecule has 5 nitrogen and oxygen atoms in total. The largest absolute Gasteiger partial charge is 0.459 e. The van der Waals surface area contributed by atoms with Crippen LogP contribution in [0.3, 0.4) is 0 Å². The number of fused-ring (bicyclic) bond motifs is 1. The molecule has 1 aromatic carbocycles. The number of carbonyl (C=O) groups is 2. The third-order valence-electron chi connectivity index (χ3n) is 4.50. The Morgan fingerprint density at radius 3 is 2.69 bits per heavy atom. The van der Waals surface area contributed by atoms with Crippen LogP contribution in [-0.4, -0.2) is 36.0 Å². The van der Waals surface area contributed by atoms with E-state index in [1.54, 1.807) is 35.6 Å². The van der Waals surface area contributed by atoms with Crippen molar-refractivity contribution in [2.45, 2.75) is 39.3 Å². The lowest BCUT2D eigenvalue weighted by molar-refractivity contribution is -0.117. The Bertz CT molecular complexity index is 783. The van der Waals surface area contributed by atoms with E-state index in [-0.39, 0.29) is 24.0 Å². The van der Waals surface area contributed by atoms with E-state index in [1.807, 2.05) is 13.8 Å². The predicted octanol–water partition coefficient (Wildman–Crippen LogP) is 3.87. The fourth-order valence-corrected chi connectivity index (χ4v) is 4.10. The van der Waals surface area contributed by atoms with Gasteiger partial charge in [-0.3, -0.25) is 9.69 Å². The van der Waals surface area contributed by atoms with Crippen LogP contribution >= 0.6 is 11.3 Å². The van der Waals surface area contributed by atoms with E-state index in [0.29, 0.717) is 17.8 Å². The van der Waals surface area contributed by atoms with Crippen molar-refractivity contribution in [1.82, 2.24) is 4.90 Å². The summed E-state index contributed by atoms with van der Waals surface area (Å²) in [7, 11) is 0. The molecule has 1 aliphatic heterocycles. The van der Waals surface area contributed by atoms with Gasteiger partial charge in [0, 0.05) is 23.2 Å². The first kappa shape index (κ1) is 18.6. The van der Waals surface area contributed by atoms with E-state index in [9.17, 15) is 9.59 Å². The zero-order valence-corrected chi connectivity index (χ0v) is 16.1. The molecule has 0 saturated heterocycles. The number of rotatable bonds is 5. The monoisotopic (exact) mass is 372 g/mol. The van der Waals surface area contributed by atoms with E-state index < -0.39 is 0 Å². The van der Waals surface area contributed by atoms with Crippen LogP contribution in [0.2, 0.25) is 0 Å². The number of thiophene rings is 1. The topological polar surface area (TPSA) is 58.6 Å². The molecule has 1 aromatic heterocycles. The summed E-state index contributed by atoms with van der Waals surface area (Å²) < 4.78 is 5.16. The number of benzene rings is 1. The van der Waals surface area contributed by atoms with Gasteiger partial charge in [-0.2, -0.15) is 0 Å². The Morgan fingerprint density at radius 1 is 1.27 bits per heavy atom. The molecule has 0 aliphatic carbocycles. The Balaban J connectivity index is 1.56. The molecule has 2 heterocycles. The van der Waals surface area contributed by atoms with E-state index in [1.165, 1.54) is 10.4 Å². The zero-order chi connectivity index (χ0) is 18.7. The minimum Gasteiger partial charge on any atom is -0.459 e. The lowest BCUT2D eigenvalue weighted by Gasteiger charge is -2.32. The van der Waals surface area contributed by atoms with Crippen molar-refractivity contribution in [2.24, 2.45) is 0 Å². The molecule has 1 amide bonds. The average Bonchev–Trinajstić information content (AvgIpc) is 3.07. The summed E-state index contributed by atoms with van der Waals surface area (Å²) >= 11 is 1.79. The van der Waals surface area contributed by atoms with Gasteiger partial charge in [-0.1, -0.05) is 0 Å². The molecule has 138 valence electrons. The number of esters is 1. The maximum absolute atomic E-state index is 12.4. The number of hydrogen-bond acceptors (Lipinski definition) is 5. The first-order chi connectivity index (χ1) is 12.4. The Hall–Kier alpha value is -2.18. The summed E-state index contributed by atoms with van der Waals surface area (Å²) in [5.74, 6) is -0.403. The first-order valence-corrected chi connectivity index (χ1v) is 9.73. The summed E-state index contributed by atoms with van der Waals surface area (Å²) in [6.45, 7) is 7.02. The summed E-state index contributed by atoms with van der Waals surface area (Å²) in [5.41, 5.74) is 2.49. The molecule has 1 N–H and O–H groups in total. The molecule has 0 saturated carbocycles. The van der Waals surface area contributed by atoms with Gasteiger partial charge in [0.2, 0.25) is 5.91 Å². The van der Waals surface area contributed by atoms with Crippen LogP contribution in [0, 0.1) is 0 Å². The highest BCUT2D eigenvalue weighted by atomic mass is 32.1. The third-order valence-corrected chi connectivity index (χ3v) is 5.49. The van der Waals surface area contributed by atoms with Crippen molar-refractivity contribution in [2.75, 3.05) is 18.4 Å². The molecule has 0 radical (unpaired) electrons. The molecular weight excluding hydrogens is 348 g/mol. The lowest BCUT2D eigenvalue weighted by Crippen LogP contribution is -2.39. The number of amides is 1. The molecule has 6 heteroatoms. The molecule has 0 unspecified atom stereocenters. The fourth-order valence-electron chi connectivity index (χ4n) is 3.13. The number of carbonyl (C=O) groups excluding carboxylic acids is 2. The Labute approximate surface area is 158 Å². The Kier molecular flexibility index (Phi) is 5.74. The van der Waals surface area contributed by atoms with Crippen LogP contribution in [0.1, 0.15) is 47.6 Å². The van der Waals surface area contributed by atoms with Crippen molar-refractivity contribution in [3.8, 4) is 0 Å². The van der Waals surface area contributed by atoms with E-state index >= 15 is 0 Å². The van der Waals surface area contributed by atoms with Gasteiger partial charge in [0.1, 0.15) is 0 Å². The van der Waals surface area contributed by atoms with Gasteiger partial charge in [0.25, 0.3) is 0 Å². The number of nitrogens with zero attached hydrogens (tertiary/aromatic N) is 1. The zero-order valence-electron chi connectivity index (χ0n) is 15.3. The molecular formula is C20H24N2O3S. The Morgan fingerprint density at radius 2 is 2.00 bits per heavy atom. The minimum atomic E-state index is -0.355. The van der Waals surface area contributed by atoms with Crippen molar-refractivity contribution in [1.29, 1.82) is 0 Å². The van der Waals surface area contributed by atoms with Gasteiger partial charge < -0.3 is 10.1 Å². The van der Waals surface area contributed by atoms with Crippen molar-refractivity contribution in [3.05, 3.63) is 51.7 Å². The molecule has 1 aliphatic rings. The second-order valence-electron chi connectivity index (χ2n) is 6.78. The second kappa shape index (κ2) is 8.01. The van der Waals surface area contributed by atoms with E-state index in [0.717, 1.165) is 13.0 Å². The molecule has 0 bridgehead atoms. The number of nitrogens with one attached hydrogen (secondary N) is 1. The summed E-state index contributed by atoms with van der Waals surface area (Å²) in [6, 6.07) is 9.20. The van der Waals surface area contributed by atoms with Gasteiger partial charge >= 0.3 is 5.97 Å². The normalized spacial score (nSPS) is 17.0. The highest BCUT2D eigenvalue weighted by molar-refractivity contribution is 7.10.